The summed E-state index contributed by atoms with van der Waals surface area (Å²) in [5.41, 5.74) is -0.782. The number of hydrogen-bond acceptors (Lipinski definition) is 5. The molecule has 1 aliphatic rings. The van der Waals surface area contributed by atoms with E-state index >= 15 is 0 Å². The van der Waals surface area contributed by atoms with Crippen molar-refractivity contribution < 1.29 is 23.4 Å². The number of alkyl halides is 2. The van der Waals surface area contributed by atoms with E-state index in [2.05, 4.69) is 15.4 Å². The van der Waals surface area contributed by atoms with E-state index in [4.69, 9.17) is 4.74 Å². The third-order valence-corrected chi connectivity index (χ3v) is 4.02. The Balaban J connectivity index is 1.75. The first-order chi connectivity index (χ1) is 11.4. The summed E-state index contributed by atoms with van der Waals surface area (Å²) < 4.78 is 34.0. The summed E-state index contributed by atoms with van der Waals surface area (Å²) >= 11 is 0. The van der Waals surface area contributed by atoms with E-state index < -0.39 is 18.0 Å². The van der Waals surface area contributed by atoms with Crippen LogP contribution in [0.4, 0.5) is 8.78 Å². The van der Waals surface area contributed by atoms with Crippen LogP contribution in [0.25, 0.3) is 0 Å². The summed E-state index contributed by atoms with van der Waals surface area (Å²) in [6, 6.07) is 0. The molecule has 8 nitrogen and oxygen atoms in total. The molecule has 1 unspecified atom stereocenters. The van der Waals surface area contributed by atoms with Crippen molar-refractivity contribution in [2.45, 2.75) is 37.8 Å². The van der Waals surface area contributed by atoms with E-state index in [1.54, 1.807) is 13.2 Å². The summed E-state index contributed by atoms with van der Waals surface area (Å²) in [5.74, 6) is -1.03. The average Bonchev–Trinajstić information content (AvgIpc) is 3.21. The van der Waals surface area contributed by atoms with Gasteiger partial charge in [0.15, 0.2) is 5.60 Å². The Morgan fingerprint density at radius 1 is 1.50 bits per heavy atom. The highest BCUT2D eigenvalue weighted by Gasteiger charge is 2.43. The van der Waals surface area contributed by atoms with Crippen LogP contribution in [0.3, 0.4) is 0 Å². The lowest BCUT2D eigenvalue weighted by Gasteiger charge is -2.21. The number of carboxylic acids is 1. The van der Waals surface area contributed by atoms with E-state index in [1.165, 1.54) is 15.6 Å². The van der Waals surface area contributed by atoms with Gasteiger partial charge in [-0.05, 0) is 12.8 Å². The van der Waals surface area contributed by atoms with Gasteiger partial charge in [-0.1, -0.05) is 5.21 Å². The van der Waals surface area contributed by atoms with Crippen molar-refractivity contribution in [1.82, 2.24) is 24.8 Å². The van der Waals surface area contributed by atoms with Gasteiger partial charge in [-0.2, -0.15) is 5.10 Å². The maximum Gasteiger partial charge on any atom is 0.336 e. The summed E-state index contributed by atoms with van der Waals surface area (Å²) in [4.78, 5) is 11.5. The Labute approximate surface area is 136 Å². The average molecular weight is 341 g/mol. The van der Waals surface area contributed by atoms with Crippen LogP contribution in [0, 0.1) is 0 Å². The van der Waals surface area contributed by atoms with Gasteiger partial charge in [-0.3, -0.25) is 4.68 Å². The lowest BCUT2D eigenvalue weighted by Crippen LogP contribution is -2.40. The van der Waals surface area contributed by atoms with Crippen molar-refractivity contribution >= 4 is 5.97 Å². The van der Waals surface area contributed by atoms with Gasteiger partial charge in [-0.25, -0.2) is 18.3 Å². The maximum absolute atomic E-state index is 13.0. The van der Waals surface area contributed by atoms with Gasteiger partial charge in [0, 0.05) is 38.0 Å². The zero-order chi connectivity index (χ0) is 17.3. The molecule has 24 heavy (non-hydrogen) atoms. The first-order valence-electron chi connectivity index (χ1n) is 7.46. The molecule has 0 radical (unpaired) electrons. The van der Waals surface area contributed by atoms with Gasteiger partial charge in [0.2, 0.25) is 0 Å². The van der Waals surface area contributed by atoms with Crippen LogP contribution in [0.2, 0.25) is 0 Å². The quantitative estimate of drug-likeness (QED) is 0.848. The van der Waals surface area contributed by atoms with Crippen molar-refractivity contribution in [2.24, 2.45) is 7.05 Å². The fourth-order valence-electron chi connectivity index (χ4n) is 2.91. The number of aliphatic carboxylic acids is 1. The first-order valence-corrected chi connectivity index (χ1v) is 7.46. The van der Waals surface area contributed by atoms with Gasteiger partial charge < -0.3 is 9.84 Å². The SMILES string of the molecule is Cn1cc(Cn2cc(CC3(C(=O)O)CCCO3)nn2)c(C(F)F)n1. The molecule has 1 aliphatic heterocycles. The molecule has 130 valence electrons. The summed E-state index contributed by atoms with van der Waals surface area (Å²) in [7, 11) is 1.57. The normalized spacial score (nSPS) is 20.8. The van der Waals surface area contributed by atoms with E-state index in [1.807, 2.05) is 0 Å². The molecular formula is C14H17F2N5O3. The summed E-state index contributed by atoms with van der Waals surface area (Å²) in [6.45, 7) is 0.481. The minimum Gasteiger partial charge on any atom is -0.479 e. The number of ether oxygens (including phenoxy) is 1. The van der Waals surface area contributed by atoms with Crippen LogP contribution in [0.15, 0.2) is 12.4 Å². The molecule has 0 spiro atoms. The predicted molar refractivity (Wildman–Crippen MR) is 76.5 cm³/mol. The number of aromatic nitrogens is 5. The highest BCUT2D eigenvalue weighted by molar-refractivity contribution is 5.78. The van der Waals surface area contributed by atoms with Gasteiger partial charge in [0.05, 0.1) is 12.2 Å². The van der Waals surface area contributed by atoms with Crippen molar-refractivity contribution in [2.75, 3.05) is 6.61 Å². The number of carbonyl (C=O) groups is 1. The Morgan fingerprint density at radius 2 is 2.29 bits per heavy atom. The summed E-state index contributed by atoms with van der Waals surface area (Å²) in [6.07, 6.45) is 1.56. The Kier molecular flexibility index (Phi) is 4.31. The smallest absolute Gasteiger partial charge is 0.336 e. The molecule has 10 heteroatoms. The van der Waals surface area contributed by atoms with Crippen molar-refractivity contribution in [3.63, 3.8) is 0 Å². The molecule has 0 saturated carbocycles. The predicted octanol–water partition coefficient (Wildman–Crippen LogP) is 1.17. The molecule has 1 atom stereocenters. The zero-order valence-electron chi connectivity index (χ0n) is 13.0. The number of hydrogen-bond donors (Lipinski definition) is 1. The van der Waals surface area contributed by atoms with Gasteiger partial charge in [0.25, 0.3) is 6.43 Å². The Bertz CT molecular complexity index is 737. The van der Waals surface area contributed by atoms with Crippen LogP contribution in [-0.2, 0) is 29.5 Å². The van der Waals surface area contributed by atoms with E-state index in [9.17, 15) is 18.7 Å². The lowest BCUT2D eigenvalue weighted by molar-refractivity contribution is -0.160. The second kappa shape index (κ2) is 6.27. The molecule has 0 amide bonds. The third kappa shape index (κ3) is 3.14. The van der Waals surface area contributed by atoms with Crippen LogP contribution in [0.1, 0.15) is 36.2 Å². The monoisotopic (exact) mass is 341 g/mol. The second-order valence-corrected chi connectivity index (χ2v) is 5.85. The molecule has 3 heterocycles. The molecule has 1 saturated heterocycles. The minimum atomic E-state index is -2.67. The van der Waals surface area contributed by atoms with Crippen LogP contribution >= 0.6 is 0 Å². The van der Waals surface area contributed by atoms with E-state index in [-0.39, 0.29) is 18.7 Å². The standard InChI is InChI=1S/C14H17F2N5O3/c1-20-6-9(11(18-20)12(15)16)7-21-8-10(17-19-21)5-14(13(22)23)3-2-4-24-14/h6,8,12H,2-5,7H2,1H3,(H,22,23). The van der Waals surface area contributed by atoms with E-state index in [0.717, 1.165) is 0 Å². The molecule has 1 N–H and O–H groups in total. The number of carboxylic acid groups (broad SMARTS) is 1. The third-order valence-electron chi connectivity index (χ3n) is 4.02. The van der Waals surface area contributed by atoms with Crippen LogP contribution in [-0.4, -0.2) is 48.1 Å². The Hall–Kier alpha value is -2.36. The first kappa shape index (κ1) is 16.5. The molecule has 2 aromatic rings. The van der Waals surface area contributed by atoms with Gasteiger partial charge >= 0.3 is 5.97 Å². The topological polar surface area (TPSA) is 95.1 Å². The van der Waals surface area contributed by atoms with Crippen LogP contribution < -0.4 is 0 Å². The molecular weight excluding hydrogens is 324 g/mol. The minimum absolute atomic E-state index is 0.0848. The number of nitrogens with zero attached hydrogens (tertiary/aromatic N) is 5. The second-order valence-electron chi connectivity index (χ2n) is 5.85. The van der Waals surface area contributed by atoms with Gasteiger partial charge in [0.1, 0.15) is 5.69 Å². The highest BCUT2D eigenvalue weighted by atomic mass is 19.3. The van der Waals surface area contributed by atoms with E-state index in [0.29, 0.717) is 30.7 Å². The molecule has 2 aromatic heterocycles. The fraction of sp³-hybridized carbons (Fsp3) is 0.571. The van der Waals surface area contributed by atoms with Crippen LogP contribution in [0.5, 0.6) is 0 Å². The fourth-order valence-corrected chi connectivity index (χ4v) is 2.91. The molecule has 1 fully saturated rings. The number of aryl methyl sites for hydroxylation is 1. The molecule has 0 aliphatic carbocycles. The van der Waals surface area contributed by atoms with Crippen molar-refractivity contribution in [1.29, 1.82) is 0 Å². The lowest BCUT2D eigenvalue weighted by atomic mass is 9.95. The molecule has 0 bridgehead atoms. The van der Waals surface area contributed by atoms with Crippen molar-refractivity contribution in [3.05, 3.63) is 29.3 Å². The molecule has 0 aromatic carbocycles. The molecule has 3 rings (SSSR count). The van der Waals surface area contributed by atoms with Crippen molar-refractivity contribution in [3.8, 4) is 0 Å². The summed E-state index contributed by atoms with van der Waals surface area (Å²) in [5, 5.41) is 21.0. The maximum atomic E-state index is 13.0. The number of rotatable bonds is 6. The Morgan fingerprint density at radius 3 is 2.92 bits per heavy atom. The highest BCUT2D eigenvalue weighted by Crippen LogP contribution is 2.29. The zero-order valence-corrected chi connectivity index (χ0v) is 13.0. The van der Waals surface area contributed by atoms with Gasteiger partial charge in [-0.15, -0.1) is 5.10 Å². The largest absolute Gasteiger partial charge is 0.479 e. The number of halogens is 2.